The Hall–Kier alpha value is -2.37. The number of carbonyl (C=O) groups is 1. The Labute approximate surface area is 156 Å². The zero-order chi connectivity index (χ0) is 18.8. The normalized spacial score (nSPS) is 12.0. The highest BCUT2D eigenvalue weighted by atomic mass is 16.5. The molecular weight excluding hydrogens is 326 g/mol. The van der Waals surface area contributed by atoms with E-state index in [0.29, 0.717) is 17.9 Å². The third-order valence-electron chi connectivity index (χ3n) is 4.07. The Morgan fingerprint density at radius 2 is 1.73 bits per heavy atom. The molecule has 0 bridgehead atoms. The van der Waals surface area contributed by atoms with Crippen LogP contribution in [0.2, 0.25) is 0 Å². The van der Waals surface area contributed by atoms with E-state index in [1.165, 1.54) is 0 Å². The molecule has 2 aromatic rings. The van der Waals surface area contributed by atoms with Gasteiger partial charge in [0.05, 0.1) is 5.56 Å². The maximum atomic E-state index is 12.6. The van der Waals surface area contributed by atoms with Gasteiger partial charge in [-0.05, 0) is 45.4 Å². The lowest BCUT2D eigenvalue weighted by molar-refractivity contribution is 0.0942. The fourth-order valence-corrected chi connectivity index (χ4v) is 2.64. The van der Waals surface area contributed by atoms with Gasteiger partial charge in [0, 0.05) is 19.5 Å². The van der Waals surface area contributed by atoms with E-state index in [9.17, 15) is 4.79 Å². The summed E-state index contributed by atoms with van der Waals surface area (Å²) in [4.78, 5) is 14.6. The number of benzene rings is 2. The van der Waals surface area contributed by atoms with Crippen molar-refractivity contribution in [3.8, 4) is 5.75 Å². The molecule has 0 fully saturated rings. The lowest BCUT2D eigenvalue weighted by Crippen LogP contribution is -2.31. The number of rotatable bonds is 10. The molecule has 0 spiro atoms. The van der Waals surface area contributed by atoms with Crippen molar-refractivity contribution in [1.29, 1.82) is 0 Å². The lowest BCUT2D eigenvalue weighted by Gasteiger charge is -2.21. The fourth-order valence-electron chi connectivity index (χ4n) is 2.64. The Morgan fingerprint density at radius 1 is 1.04 bits per heavy atom. The van der Waals surface area contributed by atoms with Crippen LogP contribution in [0, 0.1) is 0 Å². The van der Waals surface area contributed by atoms with Crippen LogP contribution in [-0.4, -0.2) is 51.6 Å². The van der Waals surface area contributed by atoms with Crippen LogP contribution in [0.3, 0.4) is 0 Å². The van der Waals surface area contributed by atoms with Crippen molar-refractivity contribution in [2.75, 3.05) is 40.8 Å². The van der Waals surface area contributed by atoms with Crippen molar-refractivity contribution in [3.63, 3.8) is 0 Å². The van der Waals surface area contributed by atoms with Crippen molar-refractivity contribution >= 4 is 5.91 Å². The van der Waals surface area contributed by atoms with E-state index >= 15 is 0 Å². The third kappa shape index (κ3) is 6.17. The molecule has 0 aliphatic rings. The van der Waals surface area contributed by atoms with Gasteiger partial charge in [0.25, 0.3) is 5.91 Å². The number of nitrogens with one attached hydrogen (secondary N) is 2. The molecule has 0 aromatic heterocycles. The van der Waals surface area contributed by atoms with E-state index in [1.807, 2.05) is 62.4 Å². The second-order valence-electron chi connectivity index (χ2n) is 6.46. The predicted molar refractivity (Wildman–Crippen MR) is 106 cm³/mol. The van der Waals surface area contributed by atoms with Gasteiger partial charge in [-0.1, -0.05) is 42.5 Å². The van der Waals surface area contributed by atoms with E-state index in [2.05, 4.69) is 22.8 Å². The van der Waals surface area contributed by atoms with Crippen LogP contribution >= 0.6 is 0 Å². The number of hydrogen-bond donors (Lipinski definition) is 2. The molecular formula is C21H29N3O2. The van der Waals surface area contributed by atoms with Gasteiger partial charge in [0.1, 0.15) is 11.9 Å². The summed E-state index contributed by atoms with van der Waals surface area (Å²) >= 11 is 0. The van der Waals surface area contributed by atoms with Crippen LogP contribution in [0.5, 0.6) is 5.75 Å². The molecule has 2 rings (SSSR count). The van der Waals surface area contributed by atoms with Gasteiger partial charge in [0.2, 0.25) is 0 Å². The standard InChI is InChI=1S/C21H29N3O2/c1-22-14-13-19(17-9-5-4-6-10-17)26-20-12-8-7-11-18(20)21(25)23-15-16-24(2)3/h4-12,19,22H,13-16H2,1-3H3,(H,23,25). The van der Waals surface area contributed by atoms with E-state index in [1.54, 1.807) is 6.07 Å². The highest BCUT2D eigenvalue weighted by Crippen LogP contribution is 2.27. The summed E-state index contributed by atoms with van der Waals surface area (Å²) in [6.07, 6.45) is 0.705. The van der Waals surface area contributed by atoms with Gasteiger partial charge in [-0.2, -0.15) is 0 Å². The number of para-hydroxylation sites is 1. The molecule has 0 saturated carbocycles. The first-order chi connectivity index (χ1) is 12.6. The highest BCUT2D eigenvalue weighted by molar-refractivity contribution is 5.96. The molecule has 5 heteroatoms. The summed E-state index contributed by atoms with van der Waals surface area (Å²) < 4.78 is 6.27. The Kier molecular flexibility index (Phi) is 8.12. The third-order valence-corrected chi connectivity index (χ3v) is 4.07. The van der Waals surface area contributed by atoms with E-state index in [-0.39, 0.29) is 12.0 Å². The van der Waals surface area contributed by atoms with Crippen LogP contribution in [0.25, 0.3) is 0 Å². The molecule has 2 aromatic carbocycles. The minimum Gasteiger partial charge on any atom is -0.485 e. The largest absolute Gasteiger partial charge is 0.485 e. The molecule has 5 nitrogen and oxygen atoms in total. The second kappa shape index (κ2) is 10.6. The summed E-state index contributed by atoms with van der Waals surface area (Å²) in [7, 11) is 5.89. The highest BCUT2D eigenvalue weighted by Gasteiger charge is 2.17. The van der Waals surface area contributed by atoms with Gasteiger partial charge in [-0.3, -0.25) is 4.79 Å². The molecule has 0 aliphatic carbocycles. The number of carbonyl (C=O) groups excluding carboxylic acids is 1. The first kappa shape index (κ1) is 19.9. The van der Waals surface area contributed by atoms with E-state index in [0.717, 1.165) is 25.1 Å². The minimum atomic E-state index is -0.112. The molecule has 140 valence electrons. The zero-order valence-electron chi connectivity index (χ0n) is 15.9. The Morgan fingerprint density at radius 3 is 2.42 bits per heavy atom. The summed E-state index contributed by atoms with van der Waals surface area (Å²) in [6.45, 7) is 2.22. The zero-order valence-corrected chi connectivity index (χ0v) is 15.9. The van der Waals surface area contributed by atoms with Gasteiger partial charge in [-0.15, -0.1) is 0 Å². The minimum absolute atomic E-state index is 0.108. The Bertz CT molecular complexity index is 674. The molecule has 0 heterocycles. The molecule has 1 amide bonds. The quantitative estimate of drug-likeness (QED) is 0.688. The molecule has 1 unspecified atom stereocenters. The predicted octanol–water partition coefficient (Wildman–Crippen LogP) is 2.71. The van der Waals surface area contributed by atoms with Crippen molar-refractivity contribution in [2.24, 2.45) is 0 Å². The number of nitrogens with zero attached hydrogens (tertiary/aromatic N) is 1. The Balaban J connectivity index is 2.14. The van der Waals surface area contributed by atoms with Gasteiger partial charge in [0.15, 0.2) is 0 Å². The molecule has 26 heavy (non-hydrogen) atoms. The van der Waals surface area contributed by atoms with Gasteiger partial charge in [-0.25, -0.2) is 0 Å². The average molecular weight is 355 g/mol. The van der Waals surface area contributed by atoms with Gasteiger partial charge >= 0.3 is 0 Å². The first-order valence-electron chi connectivity index (χ1n) is 9.00. The van der Waals surface area contributed by atoms with Crippen molar-refractivity contribution < 1.29 is 9.53 Å². The lowest BCUT2D eigenvalue weighted by atomic mass is 10.1. The maximum absolute atomic E-state index is 12.6. The number of amides is 1. The van der Waals surface area contributed by atoms with E-state index < -0.39 is 0 Å². The summed E-state index contributed by atoms with van der Waals surface area (Å²) in [6, 6.07) is 17.5. The van der Waals surface area contributed by atoms with Crippen molar-refractivity contribution in [2.45, 2.75) is 12.5 Å². The molecule has 1 atom stereocenters. The van der Waals surface area contributed by atoms with Crippen LogP contribution in [-0.2, 0) is 0 Å². The molecule has 2 N–H and O–H groups in total. The fraction of sp³-hybridized carbons (Fsp3) is 0.381. The summed E-state index contributed by atoms with van der Waals surface area (Å²) in [5.41, 5.74) is 1.67. The average Bonchev–Trinajstić information content (AvgIpc) is 2.65. The van der Waals surface area contributed by atoms with Crippen LogP contribution in [0.1, 0.15) is 28.4 Å². The second-order valence-corrected chi connectivity index (χ2v) is 6.46. The van der Waals surface area contributed by atoms with E-state index in [4.69, 9.17) is 4.74 Å². The smallest absolute Gasteiger partial charge is 0.255 e. The monoisotopic (exact) mass is 355 g/mol. The van der Waals surface area contributed by atoms with Crippen LogP contribution < -0.4 is 15.4 Å². The number of ether oxygens (including phenoxy) is 1. The first-order valence-corrected chi connectivity index (χ1v) is 9.00. The van der Waals surface area contributed by atoms with Crippen LogP contribution in [0.15, 0.2) is 54.6 Å². The number of likely N-dealkylation sites (N-methyl/N-ethyl adjacent to an activating group) is 1. The molecule has 0 radical (unpaired) electrons. The van der Waals surface area contributed by atoms with Gasteiger partial charge < -0.3 is 20.3 Å². The van der Waals surface area contributed by atoms with Crippen molar-refractivity contribution in [3.05, 3.63) is 65.7 Å². The van der Waals surface area contributed by atoms with Crippen LogP contribution in [0.4, 0.5) is 0 Å². The topological polar surface area (TPSA) is 53.6 Å². The number of hydrogen-bond acceptors (Lipinski definition) is 4. The summed E-state index contributed by atoms with van der Waals surface area (Å²) in [5.74, 6) is 0.502. The summed E-state index contributed by atoms with van der Waals surface area (Å²) in [5, 5.41) is 6.12. The molecule has 0 saturated heterocycles. The maximum Gasteiger partial charge on any atom is 0.255 e. The SMILES string of the molecule is CNCCC(Oc1ccccc1C(=O)NCCN(C)C)c1ccccc1. The van der Waals surface area contributed by atoms with Crippen molar-refractivity contribution in [1.82, 2.24) is 15.5 Å². The molecule has 0 aliphatic heterocycles.